The smallest absolute Gasteiger partial charge is 0.321 e. The maximum absolute atomic E-state index is 13.7. The predicted octanol–water partition coefficient (Wildman–Crippen LogP) is 1.29. The van der Waals surface area contributed by atoms with Gasteiger partial charge in [-0.25, -0.2) is 12.8 Å². The third kappa shape index (κ3) is 3.70. The van der Waals surface area contributed by atoms with E-state index in [2.05, 4.69) is 4.74 Å². The normalized spacial score (nSPS) is 12.0. The molecule has 1 aromatic rings. The third-order valence-electron chi connectivity index (χ3n) is 2.99. The lowest BCUT2D eigenvalue weighted by Gasteiger charge is -2.25. The van der Waals surface area contributed by atoms with Gasteiger partial charge < -0.3 is 10.5 Å². The molecule has 0 saturated carbocycles. The molecule has 1 aromatic carbocycles. The van der Waals surface area contributed by atoms with Gasteiger partial charge in [-0.15, -0.1) is 0 Å². The molecule has 8 heteroatoms. The fourth-order valence-electron chi connectivity index (χ4n) is 1.80. The van der Waals surface area contributed by atoms with Crippen molar-refractivity contribution in [1.29, 1.82) is 0 Å². The van der Waals surface area contributed by atoms with Crippen LogP contribution in [0, 0.1) is 12.7 Å². The summed E-state index contributed by atoms with van der Waals surface area (Å²) in [6, 6.07) is 1.73. The Morgan fingerprint density at radius 2 is 2.00 bits per heavy atom. The van der Waals surface area contributed by atoms with Crippen molar-refractivity contribution in [2.24, 2.45) is 0 Å². The highest BCUT2D eigenvalue weighted by Gasteiger charge is 2.31. The molecule has 0 spiro atoms. The molecule has 0 aliphatic rings. The first kappa shape index (κ1) is 17.4. The van der Waals surface area contributed by atoms with Crippen molar-refractivity contribution >= 4 is 21.7 Å². The summed E-state index contributed by atoms with van der Waals surface area (Å²) in [5.41, 5.74) is 5.47. The van der Waals surface area contributed by atoms with Gasteiger partial charge in [-0.1, -0.05) is 0 Å². The lowest BCUT2D eigenvalue weighted by Crippen LogP contribution is -2.41. The molecular formula is C13H19FN2O4S. The first-order valence-corrected chi connectivity index (χ1v) is 7.69. The van der Waals surface area contributed by atoms with Gasteiger partial charge in [-0.05, 0) is 32.9 Å². The van der Waals surface area contributed by atoms with Crippen LogP contribution in [0.15, 0.2) is 17.0 Å². The number of methoxy groups -OCH3 is 1. The molecule has 21 heavy (non-hydrogen) atoms. The van der Waals surface area contributed by atoms with Gasteiger partial charge in [-0.3, -0.25) is 4.79 Å². The Hall–Kier alpha value is -1.67. The zero-order valence-corrected chi connectivity index (χ0v) is 13.2. The molecule has 0 aromatic heterocycles. The van der Waals surface area contributed by atoms with Gasteiger partial charge in [0.2, 0.25) is 10.0 Å². The second-order valence-electron chi connectivity index (χ2n) is 4.85. The minimum Gasteiger partial charge on any atom is -0.468 e. The summed E-state index contributed by atoms with van der Waals surface area (Å²) < 4.78 is 44.4. The highest BCUT2D eigenvalue weighted by Crippen LogP contribution is 2.26. The number of ether oxygens (including phenoxy) is 1. The first-order chi connectivity index (χ1) is 9.61. The minimum absolute atomic E-state index is 0.00144. The van der Waals surface area contributed by atoms with Crippen molar-refractivity contribution < 1.29 is 22.3 Å². The fraction of sp³-hybridized carbons (Fsp3) is 0.462. The summed E-state index contributed by atoms with van der Waals surface area (Å²) >= 11 is 0. The molecule has 6 nitrogen and oxygen atoms in total. The molecule has 0 bridgehead atoms. The van der Waals surface area contributed by atoms with Crippen molar-refractivity contribution in [3.8, 4) is 0 Å². The molecule has 118 valence electrons. The second-order valence-corrected chi connectivity index (χ2v) is 6.70. The number of benzene rings is 1. The monoisotopic (exact) mass is 318 g/mol. The summed E-state index contributed by atoms with van der Waals surface area (Å²) in [5, 5.41) is 0. The largest absolute Gasteiger partial charge is 0.468 e. The van der Waals surface area contributed by atoms with E-state index in [1.807, 2.05) is 0 Å². The van der Waals surface area contributed by atoms with Gasteiger partial charge in [-0.2, -0.15) is 4.31 Å². The van der Waals surface area contributed by atoms with Gasteiger partial charge in [0, 0.05) is 17.3 Å². The Kier molecular flexibility index (Phi) is 5.30. The number of anilines is 1. The molecule has 0 heterocycles. The number of sulfonamides is 1. The Balaban J connectivity index is 3.40. The summed E-state index contributed by atoms with van der Waals surface area (Å²) in [7, 11) is -2.90. The van der Waals surface area contributed by atoms with E-state index in [9.17, 15) is 17.6 Å². The second kappa shape index (κ2) is 6.40. The summed E-state index contributed by atoms with van der Waals surface area (Å²) in [6.07, 6.45) is 0. The topological polar surface area (TPSA) is 89.7 Å². The quantitative estimate of drug-likeness (QED) is 0.652. The van der Waals surface area contributed by atoms with E-state index in [0.717, 1.165) is 10.4 Å². The molecule has 0 amide bonds. The van der Waals surface area contributed by atoms with Crippen LogP contribution in [0.4, 0.5) is 10.1 Å². The number of esters is 1. The highest BCUT2D eigenvalue weighted by molar-refractivity contribution is 7.89. The lowest BCUT2D eigenvalue weighted by molar-refractivity contribution is -0.141. The Labute approximate surface area is 123 Å². The molecule has 0 aliphatic carbocycles. The maximum Gasteiger partial charge on any atom is 0.321 e. The molecule has 0 saturated heterocycles. The van der Waals surface area contributed by atoms with Crippen LogP contribution >= 0.6 is 0 Å². The molecule has 0 aliphatic heterocycles. The summed E-state index contributed by atoms with van der Waals surface area (Å²) in [5.74, 6) is -1.41. The van der Waals surface area contributed by atoms with Crippen LogP contribution in [0.5, 0.6) is 0 Å². The number of carbonyl (C=O) groups excluding carboxylic acids is 1. The SMILES string of the molecule is COC(=O)CN(C(C)C)S(=O)(=O)c1cc(N)cc(F)c1C. The van der Waals surface area contributed by atoms with Crippen molar-refractivity contribution in [3.63, 3.8) is 0 Å². The van der Waals surface area contributed by atoms with Crippen LogP contribution in [-0.4, -0.2) is 38.4 Å². The van der Waals surface area contributed by atoms with E-state index in [4.69, 9.17) is 5.73 Å². The maximum atomic E-state index is 13.7. The number of nitrogen functional groups attached to an aromatic ring is 1. The zero-order valence-electron chi connectivity index (χ0n) is 12.4. The number of nitrogens with zero attached hydrogens (tertiary/aromatic N) is 1. The standard InChI is InChI=1S/C13H19FN2O4S/c1-8(2)16(7-13(17)20-4)21(18,19)12-6-10(15)5-11(14)9(12)3/h5-6,8H,7,15H2,1-4H3. The van der Waals surface area contributed by atoms with Crippen LogP contribution in [0.1, 0.15) is 19.4 Å². The average molecular weight is 318 g/mol. The van der Waals surface area contributed by atoms with Crippen molar-refractivity contribution in [2.45, 2.75) is 31.7 Å². The van der Waals surface area contributed by atoms with E-state index in [-0.39, 0.29) is 16.1 Å². The lowest BCUT2D eigenvalue weighted by atomic mass is 10.2. The van der Waals surface area contributed by atoms with Crippen molar-refractivity contribution in [2.75, 3.05) is 19.4 Å². The number of hydrogen-bond donors (Lipinski definition) is 1. The highest BCUT2D eigenvalue weighted by atomic mass is 32.2. The Morgan fingerprint density at radius 1 is 1.43 bits per heavy atom. The molecule has 0 fully saturated rings. The number of carbonyl (C=O) groups is 1. The van der Waals surface area contributed by atoms with Crippen LogP contribution < -0.4 is 5.73 Å². The number of halogens is 1. The number of nitrogens with two attached hydrogens (primary N) is 1. The first-order valence-electron chi connectivity index (χ1n) is 6.25. The fourth-order valence-corrected chi connectivity index (χ4v) is 3.66. The van der Waals surface area contributed by atoms with E-state index < -0.39 is 34.4 Å². The predicted molar refractivity (Wildman–Crippen MR) is 76.6 cm³/mol. The molecule has 0 atom stereocenters. The molecule has 2 N–H and O–H groups in total. The van der Waals surface area contributed by atoms with Gasteiger partial charge in [0.1, 0.15) is 12.4 Å². The van der Waals surface area contributed by atoms with E-state index in [1.165, 1.54) is 20.1 Å². The minimum atomic E-state index is -4.07. The molecular weight excluding hydrogens is 299 g/mol. The van der Waals surface area contributed by atoms with Gasteiger partial charge >= 0.3 is 5.97 Å². The Morgan fingerprint density at radius 3 is 2.48 bits per heavy atom. The molecule has 0 unspecified atom stereocenters. The van der Waals surface area contributed by atoms with Crippen LogP contribution in [0.3, 0.4) is 0 Å². The van der Waals surface area contributed by atoms with Gasteiger partial charge in [0.25, 0.3) is 0 Å². The number of hydrogen-bond acceptors (Lipinski definition) is 5. The van der Waals surface area contributed by atoms with Crippen LogP contribution in [-0.2, 0) is 19.6 Å². The summed E-state index contributed by atoms with van der Waals surface area (Å²) in [4.78, 5) is 11.1. The average Bonchev–Trinajstić information content (AvgIpc) is 2.38. The van der Waals surface area contributed by atoms with Crippen LogP contribution in [0.2, 0.25) is 0 Å². The number of rotatable bonds is 5. The Bertz CT molecular complexity index is 644. The van der Waals surface area contributed by atoms with E-state index in [0.29, 0.717) is 0 Å². The third-order valence-corrected chi connectivity index (χ3v) is 5.14. The summed E-state index contributed by atoms with van der Waals surface area (Å²) in [6.45, 7) is 4.11. The molecule has 1 rings (SSSR count). The van der Waals surface area contributed by atoms with Gasteiger partial charge in [0.05, 0.1) is 12.0 Å². The van der Waals surface area contributed by atoms with Crippen molar-refractivity contribution in [1.82, 2.24) is 4.31 Å². The van der Waals surface area contributed by atoms with Gasteiger partial charge in [0.15, 0.2) is 0 Å². The zero-order chi connectivity index (χ0) is 16.4. The van der Waals surface area contributed by atoms with E-state index >= 15 is 0 Å². The molecule has 0 radical (unpaired) electrons. The van der Waals surface area contributed by atoms with Crippen molar-refractivity contribution in [3.05, 3.63) is 23.5 Å². The van der Waals surface area contributed by atoms with E-state index in [1.54, 1.807) is 13.8 Å². The van der Waals surface area contributed by atoms with Crippen LogP contribution in [0.25, 0.3) is 0 Å².